The van der Waals surface area contributed by atoms with Crippen molar-refractivity contribution in [2.45, 2.75) is 31.4 Å². The van der Waals surface area contributed by atoms with Gasteiger partial charge in [0, 0.05) is 16.8 Å². The number of aromatic nitrogens is 1. The average molecular weight is 230 g/mol. The third-order valence-corrected chi connectivity index (χ3v) is 2.90. The summed E-state index contributed by atoms with van der Waals surface area (Å²) in [6, 6.07) is 6.07. The highest BCUT2D eigenvalue weighted by Crippen LogP contribution is 2.24. The lowest BCUT2D eigenvalue weighted by Crippen LogP contribution is -1.96. The van der Waals surface area contributed by atoms with Crippen LogP contribution in [0.2, 0.25) is 0 Å². The van der Waals surface area contributed by atoms with Crippen molar-refractivity contribution < 1.29 is 0 Å². The van der Waals surface area contributed by atoms with Crippen molar-refractivity contribution in [3.8, 4) is 0 Å². The topological polar surface area (TPSA) is 12.9 Å². The monoisotopic (exact) mass is 229 g/mol. The Bertz CT molecular complexity index is 278. The van der Waals surface area contributed by atoms with E-state index >= 15 is 0 Å². The molecule has 1 unspecified atom stereocenters. The van der Waals surface area contributed by atoms with E-state index < -0.39 is 0 Å². The van der Waals surface area contributed by atoms with Crippen LogP contribution in [0.3, 0.4) is 0 Å². The van der Waals surface area contributed by atoms with E-state index in [0.29, 0.717) is 0 Å². The molecule has 1 aromatic heterocycles. The van der Waals surface area contributed by atoms with E-state index in [4.69, 9.17) is 11.6 Å². The largest absolute Gasteiger partial charge is 0.257 e. The van der Waals surface area contributed by atoms with E-state index in [9.17, 15) is 0 Å². The second kappa shape index (κ2) is 6.31. The third-order valence-electron chi connectivity index (χ3n) is 2.11. The molecule has 3 heteroatoms. The molecule has 0 aliphatic heterocycles. The Morgan fingerprint density at radius 1 is 1.43 bits per heavy atom. The lowest BCUT2D eigenvalue weighted by molar-refractivity contribution is 0.700. The number of alkyl halides is 1. The van der Waals surface area contributed by atoms with Gasteiger partial charge in [0.1, 0.15) is 0 Å². The van der Waals surface area contributed by atoms with Gasteiger partial charge in [-0.1, -0.05) is 12.5 Å². The quantitative estimate of drug-likeness (QED) is 0.461. The molecule has 14 heavy (non-hydrogen) atoms. The van der Waals surface area contributed by atoms with E-state index in [1.165, 1.54) is 0 Å². The molecule has 0 saturated heterocycles. The number of rotatable bonds is 5. The standard InChI is InChI=1S/C11H16ClNS/c1-9-5-4-6-10(13-9)11(14)7-2-3-8-12/h4-6,11,14H,2-3,7-8H2,1H3. The fraction of sp³-hybridized carbons (Fsp3) is 0.545. The van der Waals surface area contributed by atoms with Crippen molar-refractivity contribution in [3.63, 3.8) is 0 Å². The van der Waals surface area contributed by atoms with Crippen LogP contribution in [0.4, 0.5) is 0 Å². The van der Waals surface area contributed by atoms with Gasteiger partial charge in [-0.05, 0) is 31.9 Å². The van der Waals surface area contributed by atoms with Gasteiger partial charge in [0.15, 0.2) is 0 Å². The summed E-state index contributed by atoms with van der Waals surface area (Å²) in [6.45, 7) is 2.00. The summed E-state index contributed by atoms with van der Waals surface area (Å²) >= 11 is 10.1. The summed E-state index contributed by atoms with van der Waals surface area (Å²) in [4.78, 5) is 4.44. The van der Waals surface area contributed by atoms with Crippen LogP contribution in [0.15, 0.2) is 18.2 Å². The van der Waals surface area contributed by atoms with E-state index in [0.717, 1.165) is 36.5 Å². The van der Waals surface area contributed by atoms with Gasteiger partial charge < -0.3 is 0 Å². The van der Waals surface area contributed by atoms with Gasteiger partial charge in [-0.2, -0.15) is 12.6 Å². The third kappa shape index (κ3) is 3.89. The van der Waals surface area contributed by atoms with Gasteiger partial charge in [-0.15, -0.1) is 11.6 Å². The number of aryl methyl sites for hydroxylation is 1. The Morgan fingerprint density at radius 3 is 2.86 bits per heavy atom. The van der Waals surface area contributed by atoms with Crippen LogP contribution in [0.1, 0.15) is 35.9 Å². The summed E-state index contributed by atoms with van der Waals surface area (Å²) in [5.41, 5.74) is 2.13. The molecular formula is C11H16ClNS. The summed E-state index contributed by atoms with van der Waals surface area (Å²) in [5, 5.41) is 0.248. The van der Waals surface area contributed by atoms with Crippen molar-refractivity contribution in [3.05, 3.63) is 29.6 Å². The molecule has 0 saturated carbocycles. The minimum Gasteiger partial charge on any atom is -0.257 e. The Morgan fingerprint density at radius 2 is 2.21 bits per heavy atom. The molecule has 0 fully saturated rings. The molecule has 1 atom stereocenters. The highest BCUT2D eigenvalue weighted by Gasteiger charge is 2.06. The molecule has 0 bridgehead atoms. The SMILES string of the molecule is Cc1cccc(C(S)CCCCCl)n1. The van der Waals surface area contributed by atoms with Crippen LogP contribution in [-0.2, 0) is 0 Å². The molecule has 0 amide bonds. The fourth-order valence-electron chi connectivity index (χ4n) is 1.33. The Hall–Kier alpha value is -0.210. The van der Waals surface area contributed by atoms with E-state index in [1.807, 2.05) is 25.1 Å². The summed E-state index contributed by atoms with van der Waals surface area (Å²) in [5.74, 6) is 0.738. The van der Waals surface area contributed by atoms with Crippen LogP contribution in [-0.4, -0.2) is 10.9 Å². The Labute approximate surface area is 96.3 Å². The van der Waals surface area contributed by atoms with Gasteiger partial charge in [-0.25, -0.2) is 0 Å². The number of pyridine rings is 1. The van der Waals surface area contributed by atoms with Crippen LogP contribution in [0, 0.1) is 6.92 Å². The molecule has 0 aliphatic rings. The first-order chi connectivity index (χ1) is 6.74. The van der Waals surface area contributed by atoms with Gasteiger partial charge in [0.2, 0.25) is 0 Å². The van der Waals surface area contributed by atoms with E-state index in [2.05, 4.69) is 17.6 Å². The smallest absolute Gasteiger partial charge is 0.0534 e. The molecule has 1 aromatic rings. The zero-order valence-electron chi connectivity index (χ0n) is 8.41. The highest BCUT2D eigenvalue weighted by molar-refractivity contribution is 7.80. The first-order valence-electron chi connectivity index (χ1n) is 4.91. The fourth-order valence-corrected chi connectivity index (χ4v) is 1.85. The van der Waals surface area contributed by atoms with Crippen LogP contribution in [0.5, 0.6) is 0 Å². The first-order valence-corrected chi connectivity index (χ1v) is 5.96. The second-order valence-electron chi connectivity index (χ2n) is 3.40. The minimum atomic E-state index is 0.248. The van der Waals surface area contributed by atoms with E-state index in [1.54, 1.807) is 0 Å². The maximum Gasteiger partial charge on any atom is 0.0534 e. The molecule has 0 aromatic carbocycles. The van der Waals surface area contributed by atoms with Crippen molar-refractivity contribution in [1.29, 1.82) is 0 Å². The summed E-state index contributed by atoms with van der Waals surface area (Å²) in [7, 11) is 0. The molecule has 0 N–H and O–H groups in total. The van der Waals surface area contributed by atoms with Crippen molar-refractivity contribution in [2.75, 3.05) is 5.88 Å². The second-order valence-corrected chi connectivity index (χ2v) is 4.41. The predicted molar refractivity (Wildman–Crippen MR) is 65.3 cm³/mol. The molecule has 0 spiro atoms. The number of halogens is 1. The number of thiol groups is 1. The average Bonchev–Trinajstić information content (AvgIpc) is 2.18. The van der Waals surface area contributed by atoms with Crippen molar-refractivity contribution >= 4 is 24.2 Å². The molecule has 0 radical (unpaired) electrons. The van der Waals surface area contributed by atoms with Gasteiger partial charge in [0.25, 0.3) is 0 Å². The molecule has 78 valence electrons. The van der Waals surface area contributed by atoms with Crippen LogP contribution >= 0.6 is 24.2 Å². The molecule has 0 aliphatic carbocycles. The number of nitrogens with zero attached hydrogens (tertiary/aromatic N) is 1. The molecule has 1 rings (SSSR count). The first kappa shape index (κ1) is 11.9. The summed E-state index contributed by atoms with van der Waals surface area (Å²) in [6.07, 6.45) is 3.23. The Balaban J connectivity index is 2.47. The number of hydrogen-bond donors (Lipinski definition) is 1. The maximum atomic E-state index is 5.62. The maximum absolute atomic E-state index is 5.62. The van der Waals surface area contributed by atoms with Crippen molar-refractivity contribution in [2.24, 2.45) is 0 Å². The number of unbranched alkanes of at least 4 members (excludes halogenated alkanes) is 1. The molecular weight excluding hydrogens is 214 g/mol. The highest BCUT2D eigenvalue weighted by atomic mass is 35.5. The molecule has 1 heterocycles. The lowest BCUT2D eigenvalue weighted by Gasteiger charge is -2.09. The van der Waals surface area contributed by atoms with Gasteiger partial charge in [-0.3, -0.25) is 4.98 Å². The minimum absolute atomic E-state index is 0.248. The van der Waals surface area contributed by atoms with Gasteiger partial charge in [0.05, 0.1) is 5.69 Å². The van der Waals surface area contributed by atoms with Crippen LogP contribution in [0.25, 0.3) is 0 Å². The van der Waals surface area contributed by atoms with E-state index in [-0.39, 0.29) is 5.25 Å². The zero-order valence-corrected chi connectivity index (χ0v) is 10.1. The number of hydrogen-bond acceptors (Lipinski definition) is 2. The van der Waals surface area contributed by atoms with Crippen molar-refractivity contribution in [1.82, 2.24) is 4.98 Å². The summed E-state index contributed by atoms with van der Waals surface area (Å²) < 4.78 is 0. The Kier molecular flexibility index (Phi) is 5.34. The normalized spacial score (nSPS) is 12.8. The zero-order chi connectivity index (χ0) is 10.4. The lowest BCUT2D eigenvalue weighted by atomic mass is 10.1. The molecule has 1 nitrogen and oxygen atoms in total. The predicted octanol–water partition coefficient (Wildman–Crippen LogP) is 3.77. The van der Waals surface area contributed by atoms with Gasteiger partial charge >= 0.3 is 0 Å². The van der Waals surface area contributed by atoms with Crippen LogP contribution < -0.4 is 0 Å².